The Morgan fingerprint density at radius 2 is 1.65 bits per heavy atom. The van der Waals surface area contributed by atoms with Gasteiger partial charge in [-0.2, -0.15) is 0 Å². The molecular weight excluding hydrogens is 431 g/mol. The Hall–Kier alpha value is -0.520. The molecule has 4 rings (SSSR count). The van der Waals surface area contributed by atoms with Crippen molar-refractivity contribution in [3.63, 3.8) is 0 Å². The molecule has 178 valence electrons. The lowest BCUT2D eigenvalue weighted by Crippen LogP contribution is -2.44. The molecule has 1 saturated carbocycles. The Kier molecular flexibility index (Phi) is 12.0. The van der Waals surface area contributed by atoms with Gasteiger partial charge in [-0.3, -0.25) is 4.90 Å². The molecule has 0 N–H and O–H groups in total. The van der Waals surface area contributed by atoms with Crippen LogP contribution < -0.4 is 4.74 Å². The predicted octanol–water partition coefficient (Wildman–Crippen LogP) is 5.39. The molecule has 1 atom stereocenters. The molecule has 31 heavy (non-hydrogen) atoms. The summed E-state index contributed by atoms with van der Waals surface area (Å²) in [5, 5.41) is 0. The van der Waals surface area contributed by atoms with E-state index < -0.39 is 0 Å². The molecule has 2 aliphatic heterocycles. The maximum Gasteiger partial charge on any atom is 0.119 e. The number of piperidine rings is 1. The van der Waals surface area contributed by atoms with Crippen LogP contribution in [-0.2, 0) is 4.74 Å². The van der Waals surface area contributed by atoms with Crippen LogP contribution in [0.5, 0.6) is 5.75 Å². The largest absolute Gasteiger partial charge is 0.494 e. The molecule has 2 saturated heterocycles. The first kappa shape index (κ1) is 26.7. The van der Waals surface area contributed by atoms with Crippen LogP contribution in [-0.4, -0.2) is 68.4 Å². The van der Waals surface area contributed by atoms with E-state index in [1.807, 2.05) is 0 Å². The average Bonchev–Trinajstić information content (AvgIpc) is 2.78. The van der Waals surface area contributed by atoms with Crippen LogP contribution in [0.15, 0.2) is 24.3 Å². The molecule has 0 bridgehead atoms. The summed E-state index contributed by atoms with van der Waals surface area (Å²) in [6.45, 7) is 11.0. The number of hydrogen-bond acceptors (Lipinski definition) is 4. The lowest BCUT2D eigenvalue weighted by molar-refractivity contribution is 0.00729. The van der Waals surface area contributed by atoms with Crippen molar-refractivity contribution in [1.29, 1.82) is 0 Å². The first-order valence-corrected chi connectivity index (χ1v) is 12.0. The van der Waals surface area contributed by atoms with Crippen LogP contribution in [0, 0.1) is 5.92 Å². The van der Waals surface area contributed by atoms with Gasteiger partial charge in [0.15, 0.2) is 0 Å². The van der Waals surface area contributed by atoms with Crippen LogP contribution in [0.3, 0.4) is 0 Å². The van der Waals surface area contributed by atoms with Crippen LogP contribution in [0.2, 0.25) is 0 Å². The number of benzene rings is 1. The standard InChI is InChI=1S/C25H40N2O2.2ClH/c1-21-4-2-13-26(20-21)14-3-17-29-25-11-7-23(8-12-25)22-5-9-24(10-6-22)27-15-18-28-19-16-27;;/h7-8,11-12,21-22,24H,2-6,9-10,13-20H2,1H3;2*1H/t21-,22-,24+;;/m0../s1. The maximum atomic E-state index is 6.02. The number of ether oxygens (including phenoxy) is 2. The molecule has 1 aliphatic carbocycles. The number of halogens is 2. The molecular formula is C25H42Cl2N2O2. The number of hydrogen-bond donors (Lipinski definition) is 0. The van der Waals surface area contributed by atoms with Crippen LogP contribution >= 0.6 is 24.8 Å². The van der Waals surface area contributed by atoms with Gasteiger partial charge in [0.05, 0.1) is 19.8 Å². The topological polar surface area (TPSA) is 24.9 Å². The van der Waals surface area contributed by atoms with E-state index in [0.29, 0.717) is 0 Å². The normalized spacial score (nSPS) is 27.7. The summed E-state index contributed by atoms with van der Waals surface area (Å²) in [6.07, 6.45) is 9.18. The highest BCUT2D eigenvalue weighted by atomic mass is 35.5. The smallest absolute Gasteiger partial charge is 0.119 e. The highest BCUT2D eigenvalue weighted by molar-refractivity contribution is 5.85. The Bertz CT molecular complexity index is 602. The minimum absolute atomic E-state index is 0. The molecule has 1 aromatic rings. The van der Waals surface area contributed by atoms with Gasteiger partial charge in [0.25, 0.3) is 0 Å². The molecule has 4 nitrogen and oxygen atoms in total. The lowest BCUT2D eigenvalue weighted by atomic mass is 9.81. The van der Waals surface area contributed by atoms with Crippen LogP contribution in [0.4, 0.5) is 0 Å². The Labute approximate surface area is 201 Å². The summed E-state index contributed by atoms with van der Waals surface area (Å²) < 4.78 is 11.5. The quantitative estimate of drug-likeness (QED) is 0.496. The molecule has 3 fully saturated rings. The van der Waals surface area contributed by atoms with Gasteiger partial charge in [0, 0.05) is 32.2 Å². The van der Waals surface area contributed by atoms with E-state index in [9.17, 15) is 0 Å². The summed E-state index contributed by atoms with van der Waals surface area (Å²) in [7, 11) is 0. The molecule has 0 aromatic heterocycles. The fourth-order valence-corrected chi connectivity index (χ4v) is 5.52. The molecule has 2 heterocycles. The molecule has 1 aromatic carbocycles. The summed E-state index contributed by atoms with van der Waals surface area (Å²) >= 11 is 0. The van der Waals surface area contributed by atoms with Gasteiger partial charge in [0.2, 0.25) is 0 Å². The van der Waals surface area contributed by atoms with Gasteiger partial charge in [-0.25, -0.2) is 0 Å². The minimum Gasteiger partial charge on any atom is -0.494 e. The van der Waals surface area contributed by atoms with Crippen LogP contribution in [0.25, 0.3) is 0 Å². The van der Waals surface area contributed by atoms with Crippen LogP contribution in [0.1, 0.15) is 63.4 Å². The van der Waals surface area contributed by atoms with Crippen molar-refractivity contribution in [3.8, 4) is 5.75 Å². The number of rotatable bonds is 7. The predicted molar refractivity (Wildman–Crippen MR) is 133 cm³/mol. The molecule has 3 aliphatic rings. The molecule has 0 radical (unpaired) electrons. The third kappa shape index (κ3) is 8.08. The molecule has 0 spiro atoms. The van der Waals surface area contributed by atoms with E-state index in [4.69, 9.17) is 9.47 Å². The van der Waals surface area contributed by atoms with E-state index in [1.54, 1.807) is 0 Å². The third-order valence-electron chi connectivity index (χ3n) is 7.24. The zero-order chi connectivity index (χ0) is 19.9. The Morgan fingerprint density at radius 1 is 0.935 bits per heavy atom. The SMILES string of the molecule is C[C@H]1CCCN(CCCOc2ccc([C@H]3CC[C@@H](N4CCOCC4)CC3)cc2)C1.Cl.Cl. The zero-order valence-electron chi connectivity index (χ0n) is 19.2. The summed E-state index contributed by atoms with van der Waals surface area (Å²) in [5.74, 6) is 2.62. The number of nitrogens with zero attached hydrogens (tertiary/aromatic N) is 2. The van der Waals surface area contributed by atoms with E-state index in [-0.39, 0.29) is 24.8 Å². The van der Waals surface area contributed by atoms with Gasteiger partial charge in [-0.15, -0.1) is 24.8 Å². The lowest BCUT2D eigenvalue weighted by Gasteiger charge is -2.38. The first-order valence-electron chi connectivity index (χ1n) is 12.0. The Balaban J connectivity index is 0.00000171. The second kappa shape index (κ2) is 13.9. The second-order valence-corrected chi connectivity index (χ2v) is 9.47. The van der Waals surface area contributed by atoms with Crippen molar-refractivity contribution in [2.75, 3.05) is 52.5 Å². The Morgan fingerprint density at radius 3 is 2.32 bits per heavy atom. The minimum atomic E-state index is 0. The summed E-state index contributed by atoms with van der Waals surface area (Å²) in [6, 6.07) is 9.77. The van der Waals surface area contributed by atoms with Gasteiger partial charge in [0.1, 0.15) is 5.75 Å². The highest BCUT2D eigenvalue weighted by Crippen LogP contribution is 2.35. The van der Waals surface area contributed by atoms with Gasteiger partial charge < -0.3 is 14.4 Å². The summed E-state index contributed by atoms with van der Waals surface area (Å²) in [4.78, 5) is 5.26. The average molecular weight is 474 g/mol. The molecule has 0 amide bonds. The monoisotopic (exact) mass is 472 g/mol. The first-order chi connectivity index (χ1) is 14.3. The van der Waals surface area contributed by atoms with Crippen molar-refractivity contribution in [3.05, 3.63) is 29.8 Å². The maximum absolute atomic E-state index is 6.02. The van der Waals surface area contributed by atoms with E-state index in [1.165, 1.54) is 63.7 Å². The van der Waals surface area contributed by atoms with Crippen molar-refractivity contribution in [2.24, 2.45) is 5.92 Å². The van der Waals surface area contributed by atoms with Gasteiger partial charge in [-0.1, -0.05) is 19.1 Å². The molecule has 6 heteroatoms. The van der Waals surface area contributed by atoms with Crippen molar-refractivity contribution in [1.82, 2.24) is 9.80 Å². The van der Waals surface area contributed by atoms with Crippen molar-refractivity contribution < 1.29 is 9.47 Å². The van der Waals surface area contributed by atoms with Crippen molar-refractivity contribution >= 4 is 24.8 Å². The fourth-order valence-electron chi connectivity index (χ4n) is 5.52. The van der Waals surface area contributed by atoms with E-state index in [0.717, 1.165) is 63.0 Å². The second-order valence-electron chi connectivity index (χ2n) is 9.47. The number of likely N-dealkylation sites (tertiary alicyclic amines) is 1. The molecule has 0 unspecified atom stereocenters. The van der Waals surface area contributed by atoms with E-state index in [2.05, 4.69) is 41.0 Å². The highest BCUT2D eigenvalue weighted by Gasteiger charge is 2.27. The van der Waals surface area contributed by atoms with Crippen molar-refractivity contribution in [2.45, 2.75) is 63.8 Å². The fraction of sp³-hybridized carbons (Fsp3) is 0.760. The van der Waals surface area contributed by atoms with Gasteiger partial charge >= 0.3 is 0 Å². The van der Waals surface area contributed by atoms with E-state index >= 15 is 0 Å². The zero-order valence-corrected chi connectivity index (χ0v) is 20.8. The summed E-state index contributed by atoms with van der Waals surface area (Å²) in [5.41, 5.74) is 1.50. The van der Waals surface area contributed by atoms with Gasteiger partial charge in [-0.05, 0) is 81.0 Å². The third-order valence-corrected chi connectivity index (χ3v) is 7.24. The number of morpholine rings is 1.